The van der Waals surface area contributed by atoms with Crippen molar-refractivity contribution in [1.82, 2.24) is 9.80 Å². The first-order valence-corrected chi connectivity index (χ1v) is 13.4. The largest absolute Gasteiger partial charge is 0.336 e. The third kappa shape index (κ3) is 5.19. The standard InChI is InChI=1S/C29H33N3O2S/c1-20-12-13-24-25(18-20)35-28(30-27(33)23-11-7-6-8-21(23)2)26(24)29(34)32-16-14-31(15-17-32)19-22-9-4-3-5-10-22/h3-11,20H,12-19H2,1-2H3,(H,30,33). The van der Waals surface area contributed by atoms with E-state index in [1.165, 1.54) is 10.4 Å². The third-order valence-electron chi connectivity index (χ3n) is 7.25. The number of nitrogens with one attached hydrogen (secondary N) is 1. The lowest BCUT2D eigenvalue weighted by atomic mass is 9.88. The summed E-state index contributed by atoms with van der Waals surface area (Å²) in [5.74, 6) is 0.526. The summed E-state index contributed by atoms with van der Waals surface area (Å²) >= 11 is 1.60. The van der Waals surface area contributed by atoms with Crippen LogP contribution in [0.2, 0.25) is 0 Å². The number of hydrogen-bond acceptors (Lipinski definition) is 4. The van der Waals surface area contributed by atoms with Crippen LogP contribution < -0.4 is 5.32 Å². The summed E-state index contributed by atoms with van der Waals surface area (Å²) < 4.78 is 0. The Morgan fingerprint density at radius 2 is 1.71 bits per heavy atom. The molecule has 1 aromatic heterocycles. The summed E-state index contributed by atoms with van der Waals surface area (Å²) in [5.41, 5.74) is 4.78. The SMILES string of the molecule is Cc1ccccc1C(=O)Nc1sc2c(c1C(=O)N1CCN(Cc3ccccc3)CC1)CCC(C)C2. The summed E-state index contributed by atoms with van der Waals surface area (Å²) in [7, 11) is 0. The Labute approximate surface area is 211 Å². The van der Waals surface area contributed by atoms with Crippen molar-refractivity contribution >= 4 is 28.2 Å². The molecular formula is C29H33N3O2S. The Morgan fingerprint density at radius 1 is 1.00 bits per heavy atom. The van der Waals surface area contributed by atoms with Crippen LogP contribution in [0.3, 0.4) is 0 Å². The number of thiophene rings is 1. The zero-order valence-corrected chi connectivity index (χ0v) is 21.4. The lowest BCUT2D eigenvalue weighted by Gasteiger charge is -2.35. The molecule has 2 amide bonds. The molecule has 1 saturated heterocycles. The molecule has 2 aromatic carbocycles. The molecule has 3 aromatic rings. The summed E-state index contributed by atoms with van der Waals surface area (Å²) in [4.78, 5) is 32.6. The van der Waals surface area contributed by atoms with Gasteiger partial charge in [-0.2, -0.15) is 0 Å². The van der Waals surface area contributed by atoms with Crippen LogP contribution in [0, 0.1) is 12.8 Å². The van der Waals surface area contributed by atoms with Crippen molar-refractivity contribution in [3.63, 3.8) is 0 Å². The molecule has 6 heteroatoms. The molecular weight excluding hydrogens is 454 g/mol. The monoisotopic (exact) mass is 487 g/mol. The van der Waals surface area contributed by atoms with Gasteiger partial charge in [0.1, 0.15) is 5.00 Å². The lowest BCUT2D eigenvalue weighted by Crippen LogP contribution is -2.48. The number of benzene rings is 2. The predicted molar refractivity (Wildman–Crippen MR) is 142 cm³/mol. The highest BCUT2D eigenvalue weighted by Gasteiger charge is 2.32. The zero-order valence-electron chi connectivity index (χ0n) is 20.5. The van der Waals surface area contributed by atoms with Crippen molar-refractivity contribution in [2.24, 2.45) is 5.92 Å². The number of piperazine rings is 1. The van der Waals surface area contributed by atoms with E-state index >= 15 is 0 Å². The average molecular weight is 488 g/mol. The molecule has 1 fully saturated rings. The normalized spacial score (nSPS) is 18.2. The Morgan fingerprint density at radius 3 is 2.46 bits per heavy atom. The number of carbonyl (C=O) groups is 2. The van der Waals surface area contributed by atoms with E-state index in [2.05, 4.69) is 41.4 Å². The molecule has 0 saturated carbocycles. The highest BCUT2D eigenvalue weighted by Crippen LogP contribution is 2.40. The van der Waals surface area contributed by atoms with E-state index in [1.807, 2.05) is 42.2 Å². The van der Waals surface area contributed by atoms with Gasteiger partial charge >= 0.3 is 0 Å². The Bertz CT molecular complexity index is 1210. The number of carbonyl (C=O) groups excluding carboxylic acids is 2. The summed E-state index contributed by atoms with van der Waals surface area (Å²) in [6, 6.07) is 18.1. The van der Waals surface area contributed by atoms with E-state index in [0.717, 1.165) is 55.6 Å². The van der Waals surface area contributed by atoms with Crippen molar-refractivity contribution < 1.29 is 9.59 Å². The highest BCUT2D eigenvalue weighted by atomic mass is 32.1. The van der Waals surface area contributed by atoms with Crippen LogP contribution >= 0.6 is 11.3 Å². The predicted octanol–water partition coefficient (Wildman–Crippen LogP) is 5.39. The van der Waals surface area contributed by atoms with E-state index in [0.29, 0.717) is 29.6 Å². The van der Waals surface area contributed by atoms with Crippen LogP contribution in [0.1, 0.15) is 55.6 Å². The maximum absolute atomic E-state index is 13.8. The summed E-state index contributed by atoms with van der Waals surface area (Å²) in [5, 5.41) is 3.84. The quantitative estimate of drug-likeness (QED) is 0.525. The first kappa shape index (κ1) is 23.8. The molecule has 2 aliphatic rings. The molecule has 35 heavy (non-hydrogen) atoms. The van der Waals surface area contributed by atoms with Gasteiger partial charge < -0.3 is 10.2 Å². The molecule has 5 rings (SSSR count). The molecule has 1 atom stereocenters. The first-order chi connectivity index (χ1) is 17.0. The van der Waals surface area contributed by atoms with Gasteiger partial charge in [-0.25, -0.2) is 0 Å². The summed E-state index contributed by atoms with van der Waals surface area (Å²) in [6.45, 7) is 8.24. The number of hydrogen-bond donors (Lipinski definition) is 1. The molecule has 1 unspecified atom stereocenters. The Hall–Kier alpha value is -2.96. The molecule has 0 spiro atoms. The van der Waals surface area contributed by atoms with Crippen LogP contribution in [-0.2, 0) is 19.4 Å². The van der Waals surface area contributed by atoms with E-state index in [1.54, 1.807) is 11.3 Å². The smallest absolute Gasteiger partial charge is 0.257 e. The molecule has 2 heterocycles. The third-order valence-corrected chi connectivity index (χ3v) is 8.42. The second kappa shape index (κ2) is 10.3. The molecule has 5 nitrogen and oxygen atoms in total. The van der Waals surface area contributed by atoms with Crippen LogP contribution in [0.15, 0.2) is 54.6 Å². The number of rotatable bonds is 5. The van der Waals surface area contributed by atoms with Gasteiger partial charge in [0.2, 0.25) is 0 Å². The van der Waals surface area contributed by atoms with E-state index in [4.69, 9.17) is 0 Å². The van der Waals surface area contributed by atoms with Gasteiger partial charge in [-0.1, -0.05) is 55.5 Å². The minimum atomic E-state index is -0.142. The van der Waals surface area contributed by atoms with Crippen LogP contribution in [0.4, 0.5) is 5.00 Å². The van der Waals surface area contributed by atoms with Gasteiger partial charge in [-0.3, -0.25) is 14.5 Å². The number of nitrogens with zero attached hydrogens (tertiary/aromatic N) is 2. The van der Waals surface area contributed by atoms with Crippen molar-refractivity contribution in [3.8, 4) is 0 Å². The maximum atomic E-state index is 13.8. The van der Waals surface area contributed by atoms with E-state index < -0.39 is 0 Å². The van der Waals surface area contributed by atoms with Gasteiger partial charge in [-0.15, -0.1) is 11.3 Å². The zero-order chi connectivity index (χ0) is 24.4. The molecule has 0 radical (unpaired) electrons. The molecule has 1 N–H and O–H groups in total. The molecule has 0 bridgehead atoms. The number of anilines is 1. The number of fused-ring (bicyclic) bond motifs is 1. The van der Waals surface area contributed by atoms with Crippen molar-refractivity contribution in [2.45, 2.75) is 39.7 Å². The highest BCUT2D eigenvalue weighted by molar-refractivity contribution is 7.17. The van der Waals surface area contributed by atoms with Crippen molar-refractivity contribution in [2.75, 3.05) is 31.5 Å². The number of amides is 2. The van der Waals surface area contributed by atoms with Crippen molar-refractivity contribution in [3.05, 3.63) is 87.3 Å². The fourth-order valence-corrected chi connectivity index (χ4v) is 6.57. The topological polar surface area (TPSA) is 52.7 Å². The maximum Gasteiger partial charge on any atom is 0.257 e. The van der Waals surface area contributed by atoms with Crippen molar-refractivity contribution in [1.29, 1.82) is 0 Å². The van der Waals surface area contributed by atoms with Gasteiger partial charge in [0.25, 0.3) is 11.8 Å². The second-order valence-electron chi connectivity index (χ2n) is 9.88. The van der Waals surface area contributed by atoms with Gasteiger partial charge in [-0.05, 0) is 54.9 Å². The lowest BCUT2D eigenvalue weighted by molar-refractivity contribution is 0.0628. The minimum Gasteiger partial charge on any atom is -0.336 e. The van der Waals surface area contributed by atoms with E-state index in [-0.39, 0.29) is 11.8 Å². The first-order valence-electron chi connectivity index (χ1n) is 12.6. The Kier molecular flexibility index (Phi) is 7.02. The van der Waals surface area contributed by atoms with Crippen LogP contribution in [0.5, 0.6) is 0 Å². The second-order valence-corrected chi connectivity index (χ2v) is 11.0. The van der Waals surface area contributed by atoms with Crippen LogP contribution in [-0.4, -0.2) is 47.8 Å². The average Bonchev–Trinajstić information content (AvgIpc) is 3.21. The van der Waals surface area contributed by atoms with Crippen LogP contribution in [0.25, 0.3) is 0 Å². The van der Waals surface area contributed by atoms with Gasteiger partial charge in [0.15, 0.2) is 0 Å². The molecule has 1 aliphatic carbocycles. The Balaban J connectivity index is 1.35. The van der Waals surface area contributed by atoms with E-state index in [9.17, 15) is 9.59 Å². The minimum absolute atomic E-state index is 0.0662. The fourth-order valence-electron chi connectivity index (χ4n) is 5.17. The van der Waals surface area contributed by atoms with Gasteiger partial charge in [0, 0.05) is 43.2 Å². The fraction of sp³-hybridized carbons (Fsp3) is 0.379. The molecule has 182 valence electrons. The van der Waals surface area contributed by atoms with Gasteiger partial charge in [0.05, 0.1) is 5.56 Å². The summed E-state index contributed by atoms with van der Waals surface area (Å²) in [6.07, 6.45) is 2.97. The number of aryl methyl sites for hydroxylation is 1. The molecule has 1 aliphatic heterocycles.